The van der Waals surface area contributed by atoms with Crippen LogP contribution in [0.2, 0.25) is 25.7 Å². The Kier molecular flexibility index (Phi) is 10.2. The van der Waals surface area contributed by atoms with Gasteiger partial charge >= 0.3 is 0 Å². The molecule has 1 atom stereocenters. The second-order valence-electron chi connectivity index (χ2n) is 11.5. The Morgan fingerprint density at radius 2 is 1.75 bits per heavy atom. The number of nitrogens with one attached hydrogen (secondary N) is 1. The van der Waals surface area contributed by atoms with Gasteiger partial charge in [-0.3, -0.25) is 4.79 Å². The molecule has 0 saturated heterocycles. The van der Waals surface area contributed by atoms with Crippen molar-refractivity contribution in [1.29, 1.82) is 0 Å². The lowest BCUT2D eigenvalue weighted by atomic mass is 10.0. The zero-order valence-corrected chi connectivity index (χ0v) is 26.6. The van der Waals surface area contributed by atoms with Crippen LogP contribution in [0.25, 0.3) is 11.1 Å². The molecule has 1 N–H and O–H groups in total. The van der Waals surface area contributed by atoms with Gasteiger partial charge in [-0.15, -0.1) is 0 Å². The van der Waals surface area contributed by atoms with E-state index in [2.05, 4.69) is 30.1 Å². The maximum atomic E-state index is 14.1. The average Bonchev–Trinajstić information content (AvgIpc) is 3.33. The van der Waals surface area contributed by atoms with Crippen LogP contribution in [0, 0.1) is 12.8 Å². The highest BCUT2D eigenvalue weighted by molar-refractivity contribution is 7.93. The number of aryl methyl sites for hydroxylation is 1. The second kappa shape index (κ2) is 13.0. The predicted octanol–water partition coefficient (Wildman–Crippen LogP) is 5.36. The van der Waals surface area contributed by atoms with E-state index in [1.807, 2.05) is 56.1 Å². The summed E-state index contributed by atoms with van der Waals surface area (Å²) in [6.45, 7) is 12.7. The highest BCUT2D eigenvalue weighted by atomic mass is 32.2. The molecule has 11 heteroatoms. The average molecular weight is 587 g/mol. The summed E-state index contributed by atoms with van der Waals surface area (Å²) >= 11 is 0. The monoisotopic (exact) mass is 586 g/mol. The predicted molar refractivity (Wildman–Crippen MR) is 163 cm³/mol. The number of hydrogen-bond acceptors (Lipinski definition) is 7. The fraction of sp³-hybridized carbons (Fsp3) is 0.448. The normalized spacial score (nSPS) is 12.8. The number of amides is 1. The molecular weight excluding hydrogens is 544 g/mol. The summed E-state index contributed by atoms with van der Waals surface area (Å²) in [6.07, 6.45) is 0. The van der Waals surface area contributed by atoms with Gasteiger partial charge in [0.2, 0.25) is 11.8 Å². The van der Waals surface area contributed by atoms with Crippen molar-refractivity contribution in [2.75, 3.05) is 36.6 Å². The third-order valence-corrected chi connectivity index (χ3v) is 10.2. The number of sulfonamides is 1. The van der Waals surface area contributed by atoms with Gasteiger partial charge in [-0.1, -0.05) is 69.0 Å². The number of nitrogens with zero attached hydrogens (tertiary/aromatic N) is 3. The fourth-order valence-electron chi connectivity index (χ4n) is 4.40. The zero-order valence-electron chi connectivity index (χ0n) is 24.8. The first kappa shape index (κ1) is 31.4. The Labute approximate surface area is 239 Å². The van der Waals surface area contributed by atoms with Crippen molar-refractivity contribution in [2.24, 2.45) is 5.92 Å². The van der Waals surface area contributed by atoms with Crippen LogP contribution in [0.3, 0.4) is 0 Å². The van der Waals surface area contributed by atoms with E-state index in [4.69, 9.17) is 9.26 Å². The molecule has 0 bridgehead atoms. The fourth-order valence-corrected chi connectivity index (χ4v) is 6.65. The van der Waals surface area contributed by atoms with E-state index in [0.717, 1.165) is 21.6 Å². The van der Waals surface area contributed by atoms with Crippen LogP contribution < -0.4 is 14.5 Å². The molecule has 0 aliphatic heterocycles. The van der Waals surface area contributed by atoms with E-state index in [1.165, 1.54) is 0 Å². The van der Waals surface area contributed by atoms with E-state index in [0.29, 0.717) is 17.9 Å². The Balaban J connectivity index is 1.96. The van der Waals surface area contributed by atoms with Crippen molar-refractivity contribution >= 4 is 35.6 Å². The summed E-state index contributed by atoms with van der Waals surface area (Å²) in [7, 11) is -1.92. The smallest absolute Gasteiger partial charge is 0.269 e. The highest BCUT2D eigenvalue weighted by Gasteiger charge is 2.31. The van der Waals surface area contributed by atoms with Crippen molar-refractivity contribution in [3.63, 3.8) is 0 Å². The molecule has 1 amide bonds. The van der Waals surface area contributed by atoms with Crippen LogP contribution in [0.5, 0.6) is 0 Å². The van der Waals surface area contributed by atoms with E-state index in [9.17, 15) is 13.2 Å². The van der Waals surface area contributed by atoms with Crippen molar-refractivity contribution in [3.8, 4) is 11.1 Å². The third kappa shape index (κ3) is 7.52. The van der Waals surface area contributed by atoms with Gasteiger partial charge in [0.25, 0.3) is 10.0 Å². The van der Waals surface area contributed by atoms with Gasteiger partial charge in [-0.2, -0.15) is 0 Å². The maximum absolute atomic E-state index is 14.1. The Morgan fingerprint density at radius 3 is 2.30 bits per heavy atom. The van der Waals surface area contributed by atoms with Crippen LogP contribution >= 0.6 is 0 Å². The van der Waals surface area contributed by atoms with Gasteiger partial charge in [-0.05, 0) is 42.6 Å². The summed E-state index contributed by atoms with van der Waals surface area (Å²) in [5.41, 5.74) is 2.69. The van der Waals surface area contributed by atoms with Crippen molar-refractivity contribution < 1.29 is 22.5 Å². The molecule has 0 aliphatic rings. The minimum Gasteiger partial charge on any atom is -0.362 e. The molecule has 0 fully saturated rings. The zero-order chi connectivity index (χ0) is 29.7. The molecule has 1 aromatic heterocycles. The number of rotatable bonds is 13. The molecule has 9 nitrogen and oxygen atoms in total. The standard InChI is InChI=1S/C29H42N4O5SSi/c1-21(2)28(29(34)30-4)32(5)24-15-13-23(14-16-24)25-11-9-10-12-26(25)39(35,36)33(27-19-22(3)31-38-27)20-37-17-18-40(6,7)8/h9-16,19,21,28H,17-18,20H2,1-8H3,(H,30,34)/t28-/m0/s1. The van der Waals surface area contributed by atoms with Gasteiger partial charge in [-0.25, -0.2) is 12.7 Å². The summed E-state index contributed by atoms with van der Waals surface area (Å²) in [5, 5.41) is 6.64. The highest BCUT2D eigenvalue weighted by Crippen LogP contribution is 2.33. The van der Waals surface area contributed by atoms with Crippen LogP contribution in [0.4, 0.5) is 11.6 Å². The first-order valence-corrected chi connectivity index (χ1v) is 18.6. The van der Waals surface area contributed by atoms with Gasteiger partial charge in [0.1, 0.15) is 12.8 Å². The van der Waals surface area contributed by atoms with Crippen molar-refractivity contribution in [3.05, 3.63) is 60.3 Å². The minimum absolute atomic E-state index is 0.0622. The molecule has 218 valence electrons. The summed E-state index contributed by atoms with van der Waals surface area (Å²) in [4.78, 5) is 14.6. The van der Waals surface area contributed by atoms with Gasteiger partial charge < -0.3 is 19.5 Å². The van der Waals surface area contributed by atoms with Gasteiger partial charge in [0, 0.05) is 46.1 Å². The SMILES string of the molecule is CNC(=O)[C@H](C(C)C)N(C)c1ccc(-c2ccccc2S(=O)(=O)N(COCC[Si](C)(C)C)c2cc(C)no2)cc1. The van der Waals surface area contributed by atoms with Crippen molar-refractivity contribution in [2.45, 2.75) is 57.4 Å². The van der Waals surface area contributed by atoms with E-state index in [-0.39, 0.29) is 35.4 Å². The lowest BCUT2D eigenvalue weighted by molar-refractivity contribution is -0.122. The van der Waals surface area contributed by atoms with Gasteiger partial charge in [0.05, 0.1) is 10.6 Å². The van der Waals surface area contributed by atoms with Crippen LogP contribution in [-0.2, 0) is 19.6 Å². The Hall–Kier alpha value is -3.15. The maximum Gasteiger partial charge on any atom is 0.269 e. The topological polar surface area (TPSA) is 105 Å². The number of likely N-dealkylation sites (N-methyl/N-ethyl adjacent to an activating group) is 2. The number of benzene rings is 2. The number of carbonyl (C=O) groups is 1. The molecular formula is C29H42N4O5SSi. The molecule has 3 aromatic rings. The van der Waals surface area contributed by atoms with Crippen LogP contribution in [0.1, 0.15) is 19.5 Å². The Bertz CT molecular complexity index is 1380. The number of hydrogen-bond donors (Lipinski definition) is 1. The first-order valence-electron chi connectivity index (χ1n) is 13.4. The number of carbonyl (C=O) groups excluding carboxylic acids is 1. The third-order valence-electron chi connectivity index (χ3n) is 6.67. The number of anilines is 2. The molecule has 0 unspecified atom stereocenters. The first-order chi connectivity index (χ1) is 18.8. The lowest BCUT2D eigenvalue weighted by Crippen LogP contribution is -2.47. The summed E-state index contributed by atoms with van der Waals surface area (Å²) in [6, 6.07) is 16.6. The Morgan fingerprint density at radius 1 is 1.10 bits per heavy atom. The summed E-state index contributed by atoms with van der Waals surface area (Å²) < 4.78 is 40.5. The molecule has 1 heterocycles. The summed E-state index contributed by atoms with van der Waals surface area (Å²) in [5.74, 6) is 0.133. The lowest BCUT2D eigenvalue weighted by Gasteiger charge is -2.31. The van der Waals surface area contributed by atoms with Gasteiger partial charge in [0.15, 0.2) is 0 Å². The van der Waals surface area contributed by atoms with Crippen molar-refractivity contribution in [1.82, 2.24) is 10.5 Å². The largest absolute Gasteiger partial charge is 0.362 e. The van der Waals surface area contributed by atoms with Crippen LogP contribution in [0.15, 0.2) is 64.0 Å². The number of ether oxygens (including phenoxy) is 1. The number of aromatic nitrogens is 1. The molecule has 0 aliphatic carbocycles. The molecule has 2 aromatic carbocycles. The van der Waals surface area contributed by atoms with E-state index >= 15 is 0 Å². The van der Waals surface area contributed by atoms with Crippen LogP contribution in [-0.4, -0.2) is 61.0 Å². The minimum atomic E-state index is -4.08. The van der Waals surface area contributed by atoms with E-state index < -0.39 is 18.1 Å². The van der Waals surface area contributed by atoms with E-state index in [1.54, 1.807) is 38.2 Å². The molecule has 0 saturated carbocycles. The molecule has 3 rings (SSSR count). The molecule has 40 heavy (non-hydrogen) atoms. The second-order valence-corrected chi connectivity index (χ2v) is 18.9. The molecule has 0 radical (unpaired) electrons. The molecule has 0 spiro atoms. The quantitative estimate of drug-likeness (QED) is 0.163.